The third kappa shape index (κ3) is 4.22. The lowest BCUT2D eigenvalue weighted by Gasteiger charge is -2.04. The molecule has 124 valence electrons. The molecule has 1 amide bonds. The van der Waals surface area contributed by atoms with Crippen molar-refractivity contribution in [1.82, 2.24) is 20.0 Å². The maximum absolute atomic E-state index is 11.7. The van der Waals surface area contributed by atoms with Crippen molar-refractivity contribution < 1.29 is 14.1 Å². The van der Waals surface area contributed by atoms with Gasteiger partial charge in [0.1, 0.15) is 0 Å². The van der Waals surface area contributed by atoms with E-state index in [0.717, 1.165) is 24.1 Å². The van der Waals surface area contributed by atoms with E-state index < -0.39 is 6.09 Å². The van der Waals surface area contributed by atoms with E-state index in [9.17, 15) is 4.79 Å². The number of aromatic nitrogens is 3. The predicted molar refractivity (Wildman–Crippen MR) is 87.5 cm³/mol. The minimum Gasteiger partial charge on any atom is -0.388 e. The number of rotatable bonds is 6. The van der Waals surface area contributed by atoms with Crippen molar-refractivity contribution in [1.29, 1.82) is 0 Å². The number of hydrogen-bond donors (Lipinski definition) is 1. The summed E-state index contributed by atoms with van der Waals surface area (Å²) in [5, 5.41) is 6.44. The maximum atomic E-state index is 11.7. The van der Waals surface area contributed by atoms with Gasteiger partial charge < -0.3 is 19.1 Å². The van der Waals surface area contributed by atoms with Gasteiger partial charge in [-0.05, 0) is 24.6 Å². The summed E-state index contributed by atoms with van der Waals surface area (Å²) in [7, 11) is 0. The molecule has 24 heavy (non-hydrogen) atoms. The summed E-state index contributed by atoms with van der Waals surface area (Å²) in [5.74, 6) is 0.695. The molecule has 0 spiro atoms. The van der Waals surface area contributed by atoms with Crippen LogP contribution in [0.15, 0.2) is 53.6 Å². The van der Waals surface area contributed by atoms with E-state index in [0.29, 0.717) is 12.3 Å². The van der Waals surface area contributed by atoms with Crippen LogP contribution in [0.1, 0.15) is 12.0 Å². The Morgan fingerprint density at radius 3 is 3.08 bits per heavy atom. The normalized spacial score (nSPS) is 10.5. The smallest absolute Gasteiger partial charge is 0.388 e. The van der Waals surface area contributed by atoms with Crippen LogP contribution in [0.4, 0.5) is 4.79 Å². The molecule has 0 saturated heterocycles. The van der Waals surface area contributed by atoms with Crippen molar-refractivity contribution in [2.24, 2.45) is 0 Å². The lowest BCUT2D eigenvalue weighted by molar-refractivity contribution is 0.195. The van der Waals surface area contributed by atoms with Gasteiger partial charge >= 0.3 is 6.09 Å². The Labute approximate surface area is 139 Å². The zero-order valence-corrected chi connectivity index (χ0v) is 13.3. The lowest BCUT2D eigenvalue weighted by atomic mass is 10.1. The largest absolute Gasteiger partial charge is 0.414 e. The highest BCUT2D eigenvalue weighted by Gasteiger charge is 2.11. The molecule has 0 unspecified atom stereocenters. The molecular weight excluding hydrogens is 308 g/mol. The third-order valence-corrected chi connectivity index (χ3v) is 3.41. The van der Waals surface area contributed by atoms with Crippen molar-refractivity contribution in [3.63, 3.8) is 0 Å². The molecule has 0 saturated carbocycles. The van der Waals surface area contributed by atoms with Crippen molar-refractivity contribution in [3.8, 4) is 17.2 Å². The maximum Gasteiger partial charge on any atom is 0.414 e. The first-order valence-electron chi connectivity index (χ1n) is 7.66. The highest BCUT2D eigenvalue weighted by atomic mass is 16.6. The lowest BCUT2D eigenvalue weighted by Crippen LogP contribution is -2.28. The number of nitrogens with one attached hydrogen (secondary N) is 1. The number of nitrogens with zero attached hydrogens (tertiary/aromatic N) is 3. The summed E-state index contributed by atoms with van der Waals surface area (Å²) in [4.78, 5) is 15.7. The minimum atomic E-state index is -0.551. The molecule has 0 radical (unpaired) electrons. The van der Waals surface area contributed by atoms with Crippen molar-refractivity contribution >= 4 is 6.09 Å². The zero-order chi connectivity index (χ0) is 16.8. The Bertz CT molecular complexity index is 796. The second-order valence-corrected chi connectivity index (χ2v) is 5.37. The summed E-state index contributed by atoms with van der Waals surface area (Å²) >= 11 is 0. The Morgan fingerprint density at radius 1 is 1.38 bits per heavy atom. The number of amides is 1. The number of carbonyl (C=O) groups excluding carboxylic acids is 1. The molecule has 3 aromatic rings. The molecule has 0 aliphatic heterocycles. The van der Waals surface area contributed by atoms with E-state index in [1.807, 2.05) is 42.0 Å². The quantitative estimate of drug-likeness (QED) is 0.704. The van der Waals surface area contributed by atoms with Gasteiger partial charge in [0, 0.05) is 31.0 Å². The van der Waals surface area contributed by atoms with Crippen LogP contribution in [0, 0.1) is 6.92 Å². The molecule has 7 heteroatoms. The van der Waals surface area contributed by atoms with Gasteiger partial charge in [-0.3, -0.25) is 0 Å². The average Bonchev–Trinajstić information content (AvgIpc) is 3.23. The van der Waals surface area contributed by atoms with E-state index in [4.69, 9.17) is 9.26 Å². The predicted octanol–water partition coefficient (Wildman–Crippen LogP) is 3.03. The molecule has 7 nitrogen and oxygen atoms in total. The van der Waals surface area contributed by atoms with Crippen LogP contribution in [-0.4, -0.2) is 27.3 Å². The van der Waals surface area contributed by atoms with Crippen LogP contribution in [0.3, 0.4) is 0 Å². The van der Waals surface area contributed by atoms with Crippen LogP contribution in [-0.2, 0) is 6.54 Å². The Morgan fingerprint density at radius 2 is 2.29 bits per heavy atom. The Hall–Kier alpha value is -3.09. The molecule has 2 aromatic heterocycles. The molecule has 0 aliphatic rings. The Kier molecular flexibility index (Phi) is 4.90. The van der Waals surface area contributed by atoms with Crippen molar-refractivity contribution in [2.75, 3.05) is 6.54 Å². The first-order valence-corrected chi connectivity index (χ1v) is 7.66. The second-order valence-electron chi connectivity index (χ2n) is 5.37. The van der Waals surface area contributed by atoms with Gasteiger partial charge in [-0.1, -0.05) is 23.8 Å². The van der Waals surface area contributed by atoms with E-state index >= 15 is 0 Å². The fraction of sp³-hybridized carbons (Fsp3) is 0.235. The van der Waals surface area contributed by atoms with Gasteiger partial charge in [-0.25, -0.2) is 9.78 Å². The molecule has 0 fully saturated rings. The van der Waals surface area contributed by atoms with E-state index in [1.54, 1.807) is 18.6 Å². The summed E-state index contributed by atoms with van der Waals surface area (Å²) in [5.41, 5.74) is 2.00. The second kappa shape index (κ2) is 7.45. The SMILES string of the molecule is Cc1cccc(-c2cc(OC(=O)NCCCn3ccnc3)no2)c1. The third-order valence-electron chi connectivity index (χ3n) is 3.41. The standard InChI is InChI=1S/C17H18N4O3/c1-13-4-2-5-14(10-13)15-11-16(20-24-15)23-17(22)19-6-3-8-21-9-7-18-12-21/h2,4-5,7,9-12H,3,6,8H2,1H3,(H,19,22). The molecule has 3 rings (SSSR count). The first kappa shape index (κ1) is 15.8. The summed E-state index contributed by atoms with van der Waals surface area (Å²) in [6.45, 7) is 3.27. The van der Waals surface area contributed by atoms with Crippen LogP contribution in [0.2, 0.25) is 0 Å². The molecule has 0 bridgehead atoms. The van der Waals surface area contributed by atoms with Gasteiger partial charge in [0.05, 0.1) is 12.4 Å². The zero-order valence-electron chi connectivity index (χ0n) is 13.3. The highest BCUT2D eigenvalue weighted by molar-refractivity contribution is 5.70. The fourth-order valence-electron chi connectivity index (χ4n) is 2.24. The average molecular weight is 326 g/mol. The molecule has 1 N–H and O–H groups in total. The monoisotopic (exact) mass is 326 g/mol. The van der Waals surface area contributed by atoms with E-state index in [2.05, 4.69) is 15.5 Å². The van der Waals surface area contributed by atoms with Crippen molar-refractivity contribution in [2.45, 2.75) is 19.9 Å². The highest BCUT2D eigenvalue weighted by Crippen LogP contribution is 2.24. The van der Waals surface area contributed by atoms with E-state index in [-0.39, 0.29) is 5.88 Å². The van der Waals surface area contributed by atoms with Crippen molar-refractivity contribution in [3.05, 3.63) is 54.6 Å². The number of aryl methyl sites for hydroxylation is 2. The van der Waals surface area contributed by atoms with Crippen LogP contribution in [0.5, 0.6) is 5.88 Å². The first-order chi connectivity index (χ1) is 11.7. The van der Waals surface area contributed by atoms with Gasteiger partial charge in [0.15, 0.2) is 5.76 Å². The number of ether oxygens (including phenoxy) is 1. The van der Waals surface area contributed by atoms with Crippen LogP contribution < -0.4 is 10.1 Å². The van der Waals surface area contributed by atoms with Gasteiger partial charge in [0.25, 0.3) is 5.88 Å². The van der Waals surface area contributed by atoms with Crippen LogP contribution >= 0.6 is 0 Å². The Balaban J connectivity index is 1.46. The van der Waals surface area contributed by atoms with E-state index in [1.165, 1.54) is 0 Å². The summed E-state index contributed by atoms with van der Waals surface area (Å²) in [6.07, 6.45) is 5.56. The summed E-state index contributed by atoms with van der Waals surface area (Å²) < 4.78 is 12.3. The minimum absolute atomic E-state index is 0.138. The number of carbonyl (C=O) groups is 1. The molecule has 0 atom stereocenters. The molecule has 0 aliphatic carbocycles. The number of imidazole rings is 1. The number of hydrogen-bond acceptors (Lipinski definition) is 5. The summed E-state index contributed by atoms with van der Waals surface area (Å²) in [6, 6.07) is 9.41. The fourth-order valence-corrected chi connectivity index (χ4v) is 2.24. The van der Waals surface area contributed by atoms with Gasteiger partial charge in [-0.2, -0.15) is 0 Å². The van der Waals surface area contributed by atoms with Gasteiger partial charge in [-0.15, -0.1) is 0 Å². The van der Waals surface area contributed by atoms with Crippen LogP contribution in [0.25, 0.3) is 11.3 Å². The number of benzene rings is 1. The molecular formula is C17H18N4O3. The molecule has 1 aromatic carbocycles. The van der Waals surface area contributed by atoms with Gasteiger partial charge in [0.2, 0.25) is 0 Å². The molecule has 2 heterocycles. The topological polar surface area (TPSA) is 82.2 Å².